The Balaban J connectivity index is 1.76. The van der Waals surface area contributed by atoms with Gasteiger partial charge in [-0.3, -0.25) is 9.69 Å². The van der Waals surface area contributed by atoms with E-state index in [1.165, 1.54) is 0 Å². The van der Waals surface area contributed by atoms with Gasteiger partial charge in [-0.1, -0.05) is 0 Å². The highest BCUT2D eigenvalue weighted by Gasteiger charge is 2.10. The van der Waals surface area contributed by atoms with Crippen molar-refractivity contribution in [3.8, 4) is 0 Å². The summed E-state index contributed by atoms with van der Waals surface area (Å²) in [5, 5.41) is 6.25. The van der Waals surface area contributed by atoms with E-state index < -0.39 is 0 Å². The molecule has 0 unspecified atom stereocenters. The van der Waals surface area contributed by atoms with Crippen molar-refractivity contribution in [3.05, 3.63) is 23.9 Å². The van der Waals surface area contributed by atoms with Crippen LogP contribution in [0.1, 0.15) is 10.4 Å². The molecule has 6 nitrogen and oxygen atoms in total. The molecule has 110 valence electrons. The van der Waals surface area contributed by atoms with Crippen LogP contribution in [0.15, 0.2) is 18.3 Å². The molecule has 0 spiro atoms. The van der Waals surface area contributed by atoms with Gasteiger partial charge in [0.15, 0.2) is 0 Å². The van der Waals surface area contributed by atoms with Gasteiger partial charge in [-0.05, 0) is 12.1 Å². The predicted molar refractivity (Wildman–Crippen MR) is 80.2 cm³/mol. The van der Waals surface area contributed by atoms with Crippen LogP contribution in [0.5, 0.6) is 0 Å². The standard InChI is InChI=1S/C14H23N5O/c1-18(2)13-4-3-12(11-17-13)14(20)16-7-10-19-8-5-15-6-9-19/h3-4,11,15H,5-10H2,1-2H3,(H,16,20). The Morgan fingerprint density at radius 3 is 2.75 bits per heavy atom. The number of nitrogens with zero attached hydrogens (tertiary/aromatic N) is 3. The van der Waals surface area contributed by atoms with E-state index >= 15 is 0 Å². The SMILES string of the molecule is CN(C)c1ccc(C(=O)NCCN2CCNCC2)cn1. The first-order chi connectivity index (χ1) is 9.66. The van der Waals surface area contributed by atoms with E-state index in [1.54, 1.807) is 6.20 Å². The minimum Gasteiger partial charge on any atom is -0.363 e. The van der Waals surface area contributed by atoms with Crippen LogP contribution in [0.2, 0.25) is 0 Å². The van der Waals surface area contributed by atoms with Gasteiger partial charge in [-0.2, -0.15) is 0 Å². The number of carbonyl (C=O) groups excluding carboxylic acids is 1. The normalized spacial score (nSPS) is 15.9. The summed E-state index contributed by atoms with van der Waals surface area (Å²) in [6, 6.07) is 3.66. The summed E-state index contributed by atoms with van der Waals surface area (Å²) in [5.74, 6) is 0.792. The van der Waals surface area contributed by atoms with Crippen molar-refractivity contribution in [1.29, 1.82) is 0 Å². The number of pyridine rings is 1. The molecule has 1 amide bonds. The maximum Gasteiger partial charge on any atom is 0.252 e. The van der Waals surface area contributed by atoms with Crippen LogP contribution in [0.4, 0.5) is 5.82 Å². The molecule has 0 bridgehead atoms. The molecule has 1 saturated heterocycles. The lowest BCUT2D eigenvalue weighted by Crippen LogP contribution is -2.46. The van der Waals surface area contributed by atoms with Gasteiger partial charge in [0.05, 0.1) is 5.56 Å². The Kier molecular flexibility index (Phi) is 5.31. The van der Waals surface area contributed by atoms with Gasteiger partial charge in [-0.15, -0.1) is 0 Å². The highest BCUT2D eigenvalue weighted by molar-refractivity contribution is 5.94. The van der Waals surface area contributed by atoms with Crippen LogP contribution >= 0.6 is 0 Å². The van der Waals surface area contributed by atoms with Gasteiger partial charge in [0.2, 0.25) is 0 Å². The molecule has 6 heteroatoms. The molecule has 0 saturated carbocycles. The van der Waals surface area contributed by atoms with Crippen LogP contribution in [-0.4, -0.2) is 69.2 Å². The van der Waals surface area contributed by atoms with Crippen LogP contribution < -0.4 is 15.5 Å². The number of piperazine rings is 1. The first kappa shape index (κ1) is 14.7. The molecule has 1 aliphatic heterocycles. The van der Waals surface area contributed by atoms with Crippen molar-refractivity contribution in [2.24, 2.45) is 0 Å². The lowest BCUT2D eigenvalue weighted by molar-refractivity contribution is 0.0947. The molecule has 0 atom stereocenters. The summed E-state index contributed by atoms with van der Waals surface area (Å²) in [6.07, 6.45) is 1.62. The van der Waals surface area contributed by atoms with E-state index in [4.69, 9.17) is 0 Å². The zero-order valence-corrected chi connectivity index (χ0v) is 12.2. The molecule has 0 radical (unpaired) electrons. The van der Waals surface area contributed by atoms with Crippen LogP contribution in [0.25, 0.3) is 0 Å². The third-order valence-electron chi connectivity index (χ3n) is 3.39. The van der Waals surface area contributed by atoms with E-state index in [0.29, 0.717) is 12.1 Å². The monoisotopic (exact) mass is 277 g/mol. The molecule has 2 rings (SSSR count). The lowest BCUT2D eigenvalue weighted by Gasteiger charge is -2.27. The number of hydrogen-bond donors (Lipinski definition) is 2. The molecule has 20 heavy (non-hydrogen) atoms. The van der Waals surface area contributed by atoms with Crippen molar-refractivity contribution < 1.29 is 4.79 Å². The highest BCUT2D eigenvalue weighted by atomic mass is 16.1. The average Bonchev–Trinajstić information content (AvgIpc) is 2.48. The fourth-order valence-corrected chi connectivity index (χ4v) is 2.15. The summed E-state index contributed by atoms with van der Waals surface area (Å²) >= 11 is 0. The maximum absolute atomic E-state index is 12.0. The van der Waals surface area contributed by atoms with Crippen LogP contribution in [-0.2, 0) is 0 Å². The first-order valence-corrected chi connectivity index (χ1v) is 7.01. The second-order valence-electron chi connectivity index (χ2n) is 5.15. The lowest BCUT2D eigenvalue weighted by atomic mass is 10.2. The smallest absolute Gasteiger partial charge is 0.252 e. The Morgan fingerprint density at radius 1 is 1.40 bits per heavy atom. The van der Waals surface area contributed by atoms with Gasteiger partial charge >= 0.3 is 0 Å². The zero-order chi connectivity index (χ0) is 14.4. The Labute approximate surface area is 120 Å². The van der Waals surface area contributed by atoms with E-state index in [2.05, 4.69) is 20.5 Å². The molecule has 2 heterocycles. The Morgan fingerprint density at radius 2 is 2.15 bits per heavy atom. The summed E-state index contributed by atoms with van der Waals surface area (Å²) in [4.78, 5) is 20.5. The van der Waals surface area contributed by atoms with Crippen molar-refractivity contribution in [2.75, 3.05) is 58.3 Å². The Hall–Kier alpha value is -1.66. The van der Waals surface area contributed by atoms with Crippen LogP contribution in [0, 0.1) is 0 Å². The third kappa shape index (κ3) is 4.18. The van der Waals surface area contributed by atoms with E-state index in [9.17, 15) is 4.79 Å². The summed E-state index contributed by atoms with van der Waals surface area (Å²) in [6.45, 7) is 5.74. The molecular formula is C14H23N5O. The van der Waals surface area contributed by atoms with Gasteiger partial charge in [0.25, 0.3) is 5.91 Å². The van der Waals surface area contributed by atoms with Gasteiger partial charge in [-0.25, -0.2) is 4.98 Å². The highest BCUT2D eigenvalue weighted by Crippen LogP contribution is 2.07. The quantitative estimate of drug-likeness (QED) is 0.779. The molecular weight excluding hydrogens is 254 g/mol. The number of hydrogen-bond acceptors (Lipinski definition) is 5. The third-order valence-corrected chi connectivity index (χ3v) is 3.39. The Bertz CT molecular complexity index is 426. The number of aromatic nitrogens is 1. The van der Waals surface area contributed by atoms with Crippen LogP contribution in [0.3, 0.4) is 0 Å². The van der Waals surface area contributed by atoms with Crippen molar-refractivity contribution in [1.82, 2.24) is 20.5 Å². The van der Waals surface area contributed by atoms with Gasteiger partial charge < -0.3 is 15.5 Å². The molecule has 1 fully saturated rings. The summed E-state index contributed by atoms with van der Waals surface area (Å²) < 4.78 is 0. The van der Waals surface area contributed by atoms with Gasteiger partial charge in [0.1, 0.15) is 5.82 Å². The van der Waals surface area contributed by atoms with E-state index in [1.807, 2.05) is 31.1 Å². The number of carbonyl (C=O) groups is 1. The average molecular weight is 277 g/mol. The van der Waals surface area contributed by atoms with E-state index in [-0.39, 0.29) is 5.91 Å². The zero-order valence-electron chi connectivity index (χ0n) is 12.2. The molecule has 0 aliphatic carbocycles. The summed E-state index contributed by atoms with van der Waals surface area (Å²) in [5.41, 5.74) is 0.607. The minimum atomic E-state index is -0.0575. The summed E-state index contributed by atoms with van der Waals surface area (Å²) in [7, 11) is 3.85. The second-order valence-corrected chi connectivity index (χ2v) is 5.15. The fourth-order valence-electron chi connectivity index (χ4n) is 2.15. The van der Waals surface area contributed by atoms with Crippen molar-refractivity contribution >= 4 is 11.7 Å². The molecule has 1 aromatic heterocycles. The molecule has 0 aromatic carbocycles. The maximum atomic E-state index is 12.0. The van der Waals surface area contributed by atoms with Gasteiger partial charge in [0, 0.05) is 59.6 Å². The molecule has 1 aromatic rings. The topological polar surface area (TPSA) is 60.5 Å². The predicted octanol–water partition coefficient (Wildman–Crippen LogP) is -0.217. The number of rotatable bonds is 5. The van der Waals surface area contributed by atoms with E-state index in [0.717, 1.165) is 38.5 Å². The number of nitrogens with one attached hydrogen (secondary N) is 2. The molecule has 2 N–H and O–H groups in total. The first-order valence-electron chi connectivity index (χ1n) is 7.01. The van der Waals surface area contributed by atoms with Crippen molar-refractivity contribution in [2.45, 2.75) is 0 Å². The number of amides is 1. The second kappa shape index (κ2) is 7.21. The minimum absolute atomic E-state index is 0.0575. The number of anilines is 1. The fraction of sp³-hybridized carbons (Fsp3) is 0.571. The largest absolute Gasteiger partial charge is 0.363 e. The van der Waals surface area contributed by atoms with Crippen molar-refractivity contribution in [3.63, 3.8) is 0 Å². The molecule has 1 aliphatic rings.